The van der Waals surface area contributed by atoms with E-state index >= 15 is 0 Å². The first-order valence-electron chi connectivity index (χ1n) is 5.75. The highest BCUT2D eigenvalue weighted by Crippen LogP contribution is 2.32. The molecular formula is C14H11Cl3N2S. The number of hydrogen-bond donors (Lipinski definition) is 2. The molecule has 0 saturated carbocycles. The third kappa shape index (κ3) is 3.76. The minimum atomic E-state index is 0.403. The summed E-state index contributed by atoms with van der Waals surface area (Å²) in [6.45, 7) is 2.00. The first-order valence-corrected chi connectivity index (χ1v) is 7.30. The number of hydrogen-bond acceptors (Lipinski definition) is 1. The van der Waals surface area contributed by atoms with Crippen LogP contribution >= 0.6 is 47.0 Å². The van der Waals surface area contributed by atoms with Crippen LogP contribution in [0.2, 0.25) is 15.1 Å². The first kappa shape index (κ1) is 15.4. The highest BCUT2D eigenvalue weighted by atomic mass is 35.5. The lowest BCUT2D eigenvalue weighted by Crippen LogP contribution is -2.19. The van der Waals surface area contributed by atoms with Gasteiger partial charge in [0.25, 0.3) is 0 Å². The van der Waals surface area contributed by atoms with Crippen LogP contribution in [0.5, 0.6) is 0 Å². The lowest BCUT2D eigenvalue weighted by Gasteiger charge is -2.14. The quantitative estimate of drug-likeness (QED) is 0.534. The number of aryl methyl sites for hydroxylation is 1. The summed E-state index contributed by atoms with van der Waals surface area (Å²) < 4.78 is 0. The molecule has 0 amide bonds. The highest BCUT2D eigenvalue weighted by molar-refractivity contribution is 7.80. The van der Waals surface area contributed by atoms with Crippen LogP contribution < -0.4 is 10.6 Å². The van der Waals surface area contributed by atoms with Gasteiger partial charge in [-0.25, -0.2) is 0 Å². The van der Waals surface area contributed by atoms with Crippen LogP contribution in [0, 0.1) is 6.92 Å². The number of para-hydroxylation sites is 1. The Bertz CT molecular complexity index is 659. The molecule has 0 heterocycles. The van der Waals surface area contributed by atoms with E-state index in [0.29, 0.717) is 25.9 Å². The summed E-state index contributed by atoms with van der Waals surface area (Å²) in [5.41, 5.74) is 2.63. The van der Waals surface area contributed by atoms with E-state index in [0.717, 1.165) is 11.3 Å². The van der Waals surface area contributed by atoms with Crippen LogP contribution in [-0.4, -0.2) is 5.11 Å². The maximum Gasteiger partial charge on any atom is 0.175 e. The van der Waals surface area contributed by atoms with Gasteiger partial charge in [-0.05, 0) is 42.9 Å². The van der Waals surface area contributed by atoms with Crippen molar-refractivity contribution in [2.24, 2.45) is 0 Å². The maximum atomic E-state index is 6.09. The van der Waals surface area contributed by atoms with Crippen molar-refractivity contribution in [3.05, 3.63) is 57.0 Å². The Labute approximate surface area is 138 Å². The molecule has 0 atom stereocenters. The van der Waals surface area contributed by atoms with Gasteiger partial charge in [0.15, 0.2) is 5.11 Å². The van der Waals surface area contributed by atoms with Crippen LogP contribution in [0.3, 0.4) is 0 Å². The van der Waals surface area contributed by atoms with Crippen molar-refractivity contribution in [1.29, 1.82) is 0 Å². The average Bonchev–Trinajstić information content (AvgIpc) is 2.39. The van der Waals surface area contributed by atoms with Crippen LogP contribution in [0.15, 0.2) is 36.4 Å². The summed E-state index contributed by atoms with van der Waals surface area (Å²) in [7, 11) is 0. The van der Waals surface area contributed by atoms with Gasteiger partial charge in [0, 0.05) is 5.69 Å². The number of rotatable bonds is 2. The molecule has 0 unspecified atom stereocenters. The van der Waals surface area contributed by atoms with Gasteiger partial charge in [0.1, 0.15) is 0 Å². The summed E-state index contributed by atoms with van der Waals surface area (Å²) >= 11 is 23.2. The zero-order valence-electron chi connectivity index (χ0n) is 10.5. The zero-order valence-corrected chi connectivity index (χ0v) is 13.6. The number of thiocarbonyl (C=S) groups is 1. The fraction of sp³-hybridized carbons (Fsp3) is 0.0714. The van der Waals surface area contributed by atoms with Gasteiger partial charge in [0.2, 0.25) is 0 Å². The van der Waals surface area contributed by atoms with E-state index in [-0.39, 0.29) is 0 Å². The second-order valence-corrected chi connectivity index (χ2v) is 5.77. The molecule has 0 aliphatic heterocycles. The molecule has 6 heteroatoms. The molecule has 0 spiro atoms. The van der Waals surface area contributed by atoms with E-state index in [1.54, 1.807) is 12.1 Å². The molecule has 20 heavy (non-hydrogen) atoms. The van der Waals surface area contributed by atoms with Gasteiger partial charge in [-0.1, -0.05) is 53.0 Å². The van der Waals surface area contributed by atoms with Gasteiger partial charge < -0.3 is 10.6 Å². The van der Waals surface area contributed by atoms with Crippen LogP contribution in [-0.2, 0) is 0 Å². The molecular weight excluding hydrogens is 335 g/mol. The molecule has 2 aromatic rings. The molecule has 2 rings (SSSR count). The van der Waals surface area contributed by atoms with E-state index in [9.17, 15) is 0 Å². The highest BCUT2D eigenvalue weighted by Gasteiger charge is 2.08. The average molecular weight is 346 g/mol. The maximum absolute atomic E-state index is 6.09. The second kappa shape index (κ2) is 6.64. The van der Waals surface area contributed by atoms with Crippen molar-refractivity contribution in [2.45, 2.75) is 6.92 Å². The van der Waals surface area contributed by atoms with Crippen LogP contribution in [0.1, 0.15) is 5.56 Å². The molecule has 0 saturated heterocycles. The normalized spacial score (nSPS) is 10.2. The number of anilines is 2. The van der Waals surface area contributed by atoms with E-state index in [2.05, 4.69) is 10.6 Å². The van der Waals surface area contributed by atoms with Gasteiger partial charge in [-0.3, -0.25) is 0 Å². The lowest BCUT2D eigenvalue weighted by molar-refractivity contribution is 1.45. The van der Waals surface area contributed by atoms with Crippen molar-refractivity contribution >= 4 is 63.5 Å². The largest absolute Gasteiger partial charge is 0.332 e. The first-order chi connectivity index (χ1) is 9.47. The standard InChI is InChI=1S/C14H11Cl3N2S/c1-8-4-2-3-5-12(8)18-14(20)19-13-7-10(16)9(15)6-11(13)17/h2-7H,1H3,(H2,18,19,20). The van der Waals surface area contributed by atoms with Crippen molar-refractivity contribution in [3.8, 4) is 0 Å². The molecule has 0 bridgehead atoms. The Balaban J connectivity index is 2.13. The summed E-state index contributed by atoms with van der Waals surface area (Å²) in [5, 5.41) is 7.80. The smallest absolute Gasteiger partial charge is 0.175 e. The van der Waals surface area contributed by atoms with Crippen LogP contribution in [0.25, 0.3) is 0 Å². The van der Waals surface area contributed by atoms with E-state index < -0.39 is 0 Å². The third-order valence-corrected chi connectivity index (χ3v) is 3.89. The van der Waals surface area contributed by atoms with E-state index in [4.69, 9.17) is 47.0 Å². The number of benzene rings is 2. The van der Waals surface area contributed by atoms with Crippen molar-refractivity contribution in [3.63, 3.8) is 0 Å². The Morgan fingerprint density at radius 2 is 1.50 bits per heavy atom. The third-order valence-electron chi connectivity index (χ3n) is 2.65. The Kier molecular flexibility index (Phi) is 5.11. The summed E-state index contributed by atoms with van der Waals surface area (Å²) in [6.07, 6.45) is 0. The van der Waals surface area contributed by atoms with Crippen molar-refractivity contribution in [2.75, 3.05) is 10.6 Å². The number of nitrogens with one attached hydrogen (secondary N) is 2. The Morgan fingerprint density at radius 3 is 2.20 bits per heavy atom. The van der Waals surface area contributed by atoms with Gasteiger partial charge in [-0.15, -0.1) is 0 Å². The van der Waals surface area contributed by atoms with Gasteiger partial charge in [-0.2, -0.15) is 0 Å². The topological polar surface area (TPSA) is 24.1 Å². The molecule has 0 aliphatic carbocycles. The lowest BCUT2D eigenvalue weighted by atomic mass is 10.2. The fourth-order valence-electron chi connectivity index (χ4n) is 1.61. The predicted molar refractivity (Wildman–Crippen MR) is 92.5 cm³/mol. The van der Waals surface area contributed by atoms with Crippen molar-refractivity contribution in [1.82, 2.24) is 0 Å². The minimum Gasteiger partial charge on any atom is -0.332 e. The minimum absolute atomic E-state index is 0.403. The zero-order chi connectivity index (χ0) is 14.7. The fourth-order valence-corrected chi connectivity index (χ4v) is 2.42. The van der Waals surface area contributed by atoms with E-state index in [1.807, 2.05) is 31.2 Å². The molecule has 0 fully saturated rings. The predicted octanol–water partition coefficient (Wildman–Crippen LogP) is 5.76. The summed E-state index contributed by atoms with van der Waals surface area (Å²) in [5.74, 6) is 0. The monoisotopic (exact) mass is 344 g/mol. The van der Waals surface area contributed by atoms with Crippen molar-refractivity contribution < 1.29 is 0 Å². The van der Waals surface area contributed by atoms with Gasteiger partial charge in [0.05, 0.1) is 20.8 Å². The number of halogens is 3. The Morgan fingerprint density at radius 1 is 0.900 bits per heavy atom. The molecule has 2 nitrogen and oxygen atoms in total. The van der Waals surface area contributed by atoms with Gasteiger partial charge >= 0.3 is 0 Å². The SMILES string of the molecule is Cc1ccccc1NC(=S)Nc1cc(Cl)c(Cl)cc1Cl. The van der Waals surface area contributed by atoms with E-state index in [1.165, 1.54) is 0 Å². The molecule has 2 aromatic carbocycles. The molecule has 2 N–H and O–H groups in total. The molecule has 104 valence electrons. The Hall–Kier alpha value is -1.000. The molecule has 0 aliphatic rings. The second-order valence-electron chi connectivity index (χ2n) is 4.14. The van der Waals surface area contributed by atoms with Crippen LogP contribution in [0.4, 0.5) is 11.4 Å². The summed E-state index contributed by atoms with van der Waals surface area (Å²) in [4.78, 5) is 0. The molecule has 0 aromatic heterocycles. The molecule has 0 radical (unpaired) electrons. The summed E-state index contributed by atoms with van der Waals surface area (Å²) in [6, 6.07) is 11.1.